The smallest absolute Gasteiger partial charge is 0.416 e. The van der Waals surface area contributed by atoms with Gasteiger partial charge >= 0.3 is 12.1 Å². The summed E-state index contributed by atoms with van der Waals surface area (Å²) in [7, 11) is 1.34. The van der Waals surface area contributed by atoms with Crippen LogP contribution in [0.25, 0.3) is 10.9 Å². The first-order valence-corrected chi connectivity index (χ1v) is 11.3. The number of halogens is 3. The van der Waals surface area contributed by atoms with E-state index in [1.54, 1.807) is 0 Å². The summed E-state index contributed by atoms with van der Waals surface area (Å²) < 4.78 is 46.4. The molecule has 7 N–H and O–H groups in total. The van der Waals surface area contributed by atoms with Crippen LogP contribution in [-0.4, -0.2) is 40.0 Å². The van der Waals surface area contributed by atoms with E-state index in [0.717, 1.165) is 18.2 Å². The summed E-state index contributed by atoms with van der Waals surface area (Å²) in [5, 5.41) is 12.6. The molecule has 0 radical (unpaired) electrons. The van der Waals surface area contributed by atoms with Crippen molar-refractivity contribution in [1.82, 2.24) is 15.3 Å². The fraction of sp³-hybridized carbons (Fsp3) is 0.154. The highest BCUT2D eigenvalue weighted by atomic mass is 19.4. The van der Waals surface area contributed by atoms with Crippen molar-refractivity contribution in [2.75, 3.05) is 12.8 Å². The molecule has 202 valence electrons. The zero-order chi connectivity index (χ0) is 28.5. The molecule has 13 heteroatoms. The monoisotopic (exact) mass is 541 g/mol. The van der Waals surface area contributed by atoms with Gasteiger partial charge in [0.15, 0.2) is 5.41 Å². The first-order valence-electron chi connectivity index (χ1n) is 11.3. The number of amides is 2. The molecular formula is C26H22F3N5O5. The largest absolute Gasteiger partial charge is 0.497 e. The zero-order valence-electron chi connectivity index (χ0n) is 20.3. The number of carboxylic acids is 1. The lowest BCUT2D eigenvalue weighted by Gasteiger charge is -2.31. The molecule has 10 nitrogen and oxygen atoms in total. The van der Waals surface area contributed by atoms with Crippen LogP contribution in [0.15, 0.2) is 60.8 Å². The molecule has 4 rings (SSSR count). The molecular weight excluding hydrogens is 519 g/mol. The minimum atomic E-state index is -4.84. The van der Waals surface area contributed by atoms with E-state index < -0.39 is 51.8 Å². The Bertz CT molecular complexity index is 1580. The Morgan fingerprint density at radius 1 is 1.08 bits per heavy atom. The summed E-state index contributed by atoms with van der Waals surface area (Å²) in [6.07, 6.45) is -3.49. The number of alkyl halides is 3. The molecule has 0 saturated carbocycles. The lowest BCUT2D eigenvalue weighted by atomic mass is 9.71. The molecule has 2 aromatic heterocycles. The van der Waals surface area contributed by atoms with Gasteiger partial charge in [-0.15, -0.1) is 0 Å². The summed E-state index contributed by atoms with van der Waals surface area (Å²) in [5.41, 5.74) is 6.60. The van der Waals surface area contributed by atoms with Crippen molar-refractivity contribution in [3.05, 3.63) is 88.7 Å². The number of methoxy groups -OCH3 is 1. The van der Waals surface area contributed by atoms with Gasteiger partial charge < -0.3 is 31.6 Å². The number of carbonyl (C=O) groups excluding carboxylic acids is 2. The Labute approximate surface area is 218 Å². The van der Waals surface area contributed by atoms with Crippen molar-refractivity contribution in [2.24, 2.45) is 5.73 Å². The molecule has 0 fully saturated rings. The summed E-state index contributed by atoms with van der Waals surface area (Å²) >= 11 is 0. The predicted octanol–water partition coefficient (Wildman–Crippen LogP) is 2.96. The van der Waals surface area contributed by atoms with Crippen LogP contribution in [0, 0.1) is 0 Å². The maximum atomic E-state index is 14.0. The first-order chi connectivity index (χ1) is 18.4. The van der Waals surface area contributed by atoms with E-state index in [9.17, 15) is 32.7 Å². The highest BCUT2D eigenvalue weighted by Crippen LogP contribution is 2.42. The van der Waals surface area contributed by atoms with Crippen LogP contribution in [-0.2, 0) is 27.7 Å². The highest BCUT2D eigenvalue weighted by molar-refractivity contribution is 6.18. The number of anilines is 1. The standard InChI is InChI=1S/C26H22F3N5O5/c1-39-16-6-7-18-17(10-16)20(21(34-18)22(35)36)25(23(31)37,14-3-2-4-15(9-14)26(27,28)29)24(38)33-12-13-5-8-19(30)32-11-13/h2-11,34H,12H2,1H3,(H2,30,32)(H2,31,37)(H,33,38)(H,35,36)/t25-/m0/s1. The maximum Gasteiger partial charge on any atom is 0.416 e. The molecule has 0 aliphatic rings. The van der Waals surface area contributed by atoms with Gasteiger partial charge in [0.05, 0.1) is 12.7 Å². The van der Waals surface area contributed by atoms with Gasteiger partial charge in [-0.1, -0.05) is 18.2 Å². The number of nitrogens with two attached hydrogens (primary N) is 2. The Morgan fingerprint density at radius 2 is 1.79 bits per heavy atom. The molecule has 4 aromatic rings. The van der Waals surface area contributed by atoms with E-state index in [2.05, 4.69) is 15.3 Å². The number of aromatic nitrogens is 2. The minimum Gasteiger partial charge on any atom is -0.497 e. The highest BCUT2D eigenvalue weighted by Gasteiger charge is 2.52. The minimum absolute atomic E-state index is 0.0345. The third kappa shape index (κ3) is 4.81. The van der Waals surface area contributed by atoms with Gasteiger partial charge in [0.1, 0.15) is 17.3 Å². The predicted molar refractivity (Wildman–Crippen MR) is 134 cm³/mol. The topological polar surface area (TPSA) is 173 Å². The quantitative estimate of drug-likeness (QED) is 0.213. The molecule has 0 saturated heterocycles. The van der Waals surface area contributed by atoms with E-state index >= 15 is 0 Å². The van der Waals surface area contributed by atoms with Crippen LogP contribution in [0.5, 0.6) is 5.75 Å². The lowest BCUT2D eigenvalue weighted by molar-refractivity contribution is -0.139. The van der Waals surface area contributed by atoms with Gasteiger partial charge in [-0.25, -0.2) is 9.78 Å². The fourth-order valence-corrected chi connectivity index (χ4v) is 4.40. The normalized spacial score (nSPS) is 13.0. The number of nitrogens with zero attached hydrogens (tertiary/aromatic N) is 1. The van der Waals surface area contributed by atoms with Crippen LogP contribution in [0.4, 0.5) is 19.0 Å². The van der Waals surface area contributed by atoms with E-state index in [0.29, 0.717) is 11.6 Å². The number of hydrogen-bond donors (Lipinski definition) is 5. The molecule has 2 amide bonds. The second-order valence-electron chi connectivity index (χ2n) is 8.56. The molecule has 2 aromatic carbocycles. The number of fused-ring (bicyclic) bond motifs is 1. The number of hydrogen-bond acceptors (Lipinski definition) is 6. The number of H-pyrrole nitrogens is 1. The average molecular weight is 541 g/mol. The van der Waals surface area contributed by atoms with Crippen molar-refractivity contribution in [3.63, 3.8) is 0 Å². The number of primary amides is 1. The number of nitrogens with one attached hydrogen (secondary N) is 2. The van der Waals surface area contributed by atoms with E-state index in [-0.39, 0.29) is 29.0 Å². The van der Waals surface area contributed by atoms with Crippen LogP contribution in [0.1, 0.15) is 32.7 Å². The Kier molecular flexibility index (Phi) is 6.92. The summed E-state index contributed by atoms with van der Waals surface area (Å²) in [5.74, 6) is -3.69. The number of aromatic amines is 1. The summed E-state index contributed by atoms with van der Waals surface area (Å²) in [6, 6.07) is 10.8. The van der Waals surface area contributed by atoms with Gasteiger partial charge in [-0.3, -0.25) is 9.59 Å². The molecule has 2 heterocycles. The number of carbonyl (C=O) groups is 3. The van der Waals surface area contributed by atoms with Gasteiger partial charge in [0, 0.05) is 29.2 Å². The van der Waals surface area contributed by atoms with Gasteiger partial charge in [-0.05, 0) is 47.5 Å². The number of benzene rings is 2. The maximum absolute atomic E-state index is 14.0. The van der Waals surface area contributed by atoms with Crippen LogP contribution < -0.4 is 21.5 Å². The van der Waals surface area contributed by atoms with Crippen molar-refractivity contribution < 1.29 is 37.4 Å². The Hall–Kier alpha value is -5.07. The third-order valence-corrected chi connectivity index (χ3v) is 6.23. The van der Waals surface area contributed by atoms with Crippen LogP contribution in [0.3, 0.4) is 0 Å². The van der Waals surface area contributed by atoms with E-state index in [4.69, 9.17) is 16.2 Å². The fourth-order valence-electron chi connectivity index (χ4n) is 4.40. The SMILES string of the molecule is COc1ccc2[nH]c(C(=O)O)c([C@@](C(N)=O)(C(=O)NCc3ccc(N)nc3)c3cccc(C(F)(F)F)c3)c2c1. The number of ether oxygens (including phenoxy) is 1. The third-order valence-electron chi connectivity index (χ3n) is 6.23. The van der Waals surface area contributed by atoms with Gasteiger partial charge in [0.25, 0.3) is 0 Å². The van der Waals surface area contributed by atoms with Gasteiger partial charge in [0.2, 0.25) is 11.8 Å². The molecule has 0 bridgehead atoms. The Morgan fingerprint density at radius 3 is 2.38 bits per heavy atom. The van der Waals surface area contributed by atoms with Crippen LogP contribution in [0.2, 0.25) is 0 Å². The number of nitrogen functional groups attached to an aromatic ring is 1. The van der Waals surface area contributed by atoms with E-state index in [1.165, 1.54) is 43.6 Å². The summed E-state index contributed by atoms with van der Waals surface area (Å²) in [6.45, 7) is -0.228. The van der Waals surface area contributed by atoms with Crippen molar-refractivity contribution in [3.8, 4) is 5.75 Å². The molecule has 0 spiro atoms. The van der Waals surface area contributed by atoms with Crippen molar-refractivity contribution in [1.29, 1.82) is 0 Å². The molecule has 1 atom stereocenters. The molecule has 39 heavy (non-hydrogen) atoms. The van der Waals surface area contributed by atoms with Crippen molar-refractivity contribution >= 4 is 34.5 Å². The number of pyridine rings is 1. The number of aromatic carboxylic acids is 1. The molecule has 0 aliphatic carbocycles. The first kappa shape index (κ1) is 27.0. The van der Waals surface area contributed by atoms with Crippen molar-refractivity contribution in [2.45, 2.75) is 18.1 Å². The molecule has 0 unspecified atom stereocenters. The average Bonchev–Trinajstić information content (AvgIpc) is 3.27. The second kappa shape index (κ2) is 10.0. The number of carboxylic acid groups (broad SMARTS) is 1. The number of rotatable bonds is 8. The zero-order valence-corrected chi connectivity index (χ0v) is 20.3. The van der Waals surface area contributed by atoms with Crippen LogP contribution >= 0.6 is 0 Å². The lowest BCUT2D eigenvalue weighted by Crippen LogP contribution is -2.54. The van der Waals surface area contributed by atoms with E-state index in [1.807, 2.05) is 0 Å². The van der Waals surface area contributed by atoms with Gasteiger partial charge in [-0.2, -0.15) is 13.2 Å². The molecule has 0 aliphatic heterocycles. The Balaban J connectivity index is 2.05. The second-order valence-corrected chi connectivity index (χ2v) is 8.56. The summed E-state index contributed by atoms with van der Waals surface area (Å²) in [4.78, 5) is 46.3.